The third-order valence-electron chi connectivity index (χ3n) is 3.25. The molecule has 0 aromatic rings. The Kier molecular flexibility index (Phi) is 7.20. The minimum atomic E-state index is 0.359. The van der Waals surface area contributed by atoms with E-state index in [9.17, 15) is 0 Å². The van der Waals surface area contributed by atoms with E-state index in [0.29, 0.717) is 5.54 Å². The summed E-state index contributed by atoms with van der Waals surface area (Å²) < 4.78 is 0. The first-order chi connectivity index (χ1) is 6.54. The van der Waals surface area contributed by atoms with Gasteiger partial charge in [-0.1, -0.05) is 13.8 Å². The summed E-state index contributed by atoms with van der Waals surface area (Å²) in [6, 6.07) is 0. The fraction of sp³-hybridized carbons (Fsp3) is 1.00. The minimum Gasteiger partial charge on any atom is -0.317 e. The lowest BCUT2D eigenvalue weighted by Gasteiger charge is -2.34. The van der Waals surface area contributed by atoms with Crippen LogP contribution in [0.15, 0.2) is 0 Å². The Balaban J connectivity index is 3.48. The largest absolute Gasteiger partial charge is 0.317 e. The molecule has 0 aliphatic heterocycles. The van der Waals surface area contributed by atoms with Gasteiger partial charge >= 0.3 is 0 Å². The molecule has 0 fully saturated rings. The lowest BCUT2D eigenvalue weighted by molar-refractivity contribution is 0.148. The third kappa shape index (κ3) is 5.61. The fourth-order valence-corrected chi connectivity index (χ4v) is 1.35. The van der Waals surface area contributed by atoms with E-state index >= 15 is 0 Å². The fourth-order valence-electron chi connectivity index (χ4n) is 1.35. The standard InChI is InChI=1S/C12H28N2/c1-6-12(3,4)14(5)11-9-8-10-13-7-2/h13H,6-11H2,1-5H3. The lowest BCUT2D eigenvalue weighted by Crippen LogP contribution is -2.41. The van der Waals surface area contributed by atoms with Gasteiger partial charge < -0.3 is 10.2 Å². The summed E-state index contributed by atoms with van der Waals surface area (Å²) in [6.07, 6.45) is 3.81. The molecule has 2 nitrogen and oxygen atoms in total. The molecular weight excluding hydrogens is 172 g/mol. The molecule has 0 heterocycles. The normalized spacial score (nSPS) is 12.4. The van der Waals surface area contributed by atoms with E-state index in [0.717, 1.165) is 13.1 Å². The van der Waals surface area contributed by atoms with Crippen molar-refractivity contribution < 1.29 is 0 Å². The Morgan fingerprint density at radius 1 is 1.14 bits per heavy atom. The van der Waals surface area contributed by atoms with Crippen molar-refractivity contribution in [2.75, 3.05) is 26.7 Å². The predicted molar refractivity (Wildman–Crippen MR) is 64.8 cm³/mol. The minimum absolute atomic E-state index is 0.359. The SMILES string of the molecule is CCNCCCCN(C)C(C)(C)CC. The van der Waals surface area contributed by atoms with Crippen LogP contribution in [-0.4, -0.2) is 37.1 Å². The average molecular weight is 200 g/mol. The number of hydrogen-bond acceptors (Lipinski definition) is 2. The van der Waals surface area contributed by atoms with Gasteiger partial charge in [-0.25, -0.2) is 0 Å². The van der Waals surface area contributed by atoms with E-state index in [1.807, 2.05) is 0 Å². The average Bonchev–Trinajstić information content (AvgIpc) is 2.17. The van der Waals surface area contributed by atoms with Crippen LogP contribution in [0.1, 0.15) is 47.0 Å². The molecule has 0 amide bonds. The monoisotopic (exact) mass is 200 g/mol. The topological polar surface area (TPSA) is 15.3 Å². The van der Waals surface area contributed by atoms with Crippen molar-refractivity contribution in [1.82, 2.24) is 10.2 Å². The molecule has 0 spiro atoms. The molecule has 0 saturated heterocycles. The van der Waals surface area contributed by atoms with Crippen LogP contribution in [-0.2, 0) is 0 Å². The molecule has 86 valence electrons. The molecule has 2 heteroatoms. The zero-order valence-electron chi connectivity index (χ0n) is 10.7. The van der Waals surface area contributed by atoms with Crippen molar-refractivity contribution in [2.24, 2.45) is 0 Å². The van der Waals surface area contributed by atoms with Gasteiger partial charge in [0.1, 0.15) is 0 Å². The maximum Gasteiger partial charge on any atom is 0.0147 e. The van der Waals surface area contributed by atoms with E-state index in [-0.39, 0.29) is 0 Å². The molecular formula is C12H28N2. The molecule has 1 N–H and O–H groups in total. The summed E-state index contributed by atoms with van der Waals surface area (Å²) >= 11 is 0. The van der Waals surface area contributed by atoms with Crippen molar-refractivity contribution in [3.63, 3.8) is 0 Å². The predicted octanol–water partition coefficient (Wildman–Crippen LogP) is 2.50. The Morgan fingerprint density at radius 2 is 1.79 bits per heavy atom. The van der Waals surface area contributed by atoms with E-state index in [2.05, 4.69) is 45.0 Å². The van der Waals surface area contributed by atoms with Crippen LogP contribution in [0.4, 0.5) is 0 Å². The second-order valence-electron chi connectivity index (χ2n) is 4.65. The van der Waals surface area contributed by atoms with Crippen molar-refractivity contribution in [3.05, 3.63) is 0 Å². The maximum atomic E-state index is 3.36. The van der Waals surface area contributed by atoms with Crippen LogP contribution in [0.25, 0.3) is 0 Å². The smallest absolute Gasteiger partial charge is 0.0147 e. The van der Waals surface area contributed by atoms with Crippen LogP contribution in [0.5, 0.6) is 0 Å². The van der Waals surface area contributed by atoms with Gasteiger partial charge in [0.25, 0.3) is 0 Å². The first kappa shape index (κ1) is 13.9. The van der Waals surface area contributed by atoms with E-state index < -0.39 is 0 Å². The molecule has 0 aliphatic rings. The van der Waals surface area contributed by atoms with Crippen LogP contribution in [0.2, 0.25) is 0 Å². The van der Waals surface area contributed by atoms with Crippen molar-refractivity contribution in [1.29, 1.82) is 0 Å². The van der Waals surface area contributed by atoms with Gasteiger partial charge in [0, 0.05) is 5.54 Å². The van der Waals surface area contributed by atoms with Gasteiger partial charge in [0.15, 0.2) is 0 Å². The molecule has 0 radical (unpaired) electrons. The van der Waals surface area contributed by atoms with Crippen molar-refractivity contribution in [3.8, 4) is 0 Å². The van der Waals surface area contributed by atoms with Gasteiger partial charge in [-0.05, 0) is 59.8 Å². The number of hydrogen-bond donors (Lipinski definition) is 1. The number of rotatable bonds is 8. The molecule has 0 atom stereocenters. The van der Waals surface area contributed by atoms with Gasteiger partial charge in [-0.2, -0.15) is 0 Å². The Bertz CT molecular complexity index is 132. The van der Waals surface area contributed by atoms with Gasteiger partial charge in [-0.3, -0.25) is 0 Å². The third-order valence-corrected chi connectivity index (χ3v) is 3.25. The summed E-state index contributed by atoms with van der Waals surface area (Å²) in [5.74, 6) is 0. The number of unbranched alkanes of at least 4 members (excludes halogenated alkanes) is 1. The van der Waals surface area contributed by atoms with Gasteiger partial charge in [0.2, 0.25) is 0 Å². The molecule has 0 saturated carbocycles. The highest BCUT2D eigenvalue weighted by Crippen LogP contribution is 2.16. The zero-order chi connectivity index (χ0) is 11.0. The van der Waals surface area contributed by atoms with Crippen molar-refractivity contribution in [2.45, 2.75) is 52.5 Å². The van der Waals surface area contributed by atoms with Crippen LogP contribution in [0, 0.1) is 0 Å². The number of nitrogens with one attached hydrogen (secondary N) is 1. The summed E-state index contributed by atoms with van der Waals surface area (Å²) in [6.45, 7) is 12.5. The highest BCUT2D eigenvalue weighted by atomic mass is 15.2. The summed E-state index contributed by atoms with van der Waals surface area (Å²) in [5.41, 5.74) is 0.359. The zero-order valence-corrected chi connectivity index (χ0v) is 10.7. The molecule has 0 bridgehead atoms. The second kappa shape index (κ2) is 7.24. The molecule has 0 unspecified atom stereocenters. The highest BCUT2D eigenvalue weighted by Gasteiger charge is 2.19. The molecule has 0 aromatic heterocycles. The molecule has 0 rings (SSSR count). The molecule has 0 aromatic carbocycles. The van der Waals surface area contributed by atoms with Gasteiger partial charge in [0.05, 0.1) is 0 Å². The first-order valence-electron chi connectivity index (χ1n) is 5.96. The highest BCUT2D eigenvalue weighted by molar-refractivity contribution is 4.76. The Labute approximate surface area is 90.1 Å². The first-order valence-corrected chi connectivity index (χ1v) is 5.96. The van der Waals surface area contributed by atoms with Crippen LogP contribution in [0.3, 0.4) is 0 Å². The number of nitrogens with zero attached hydrogens (tertiary/aromatic N) is 1. The Hall–Kier alpha value is -0.0800. The van der Waals surface area contributed by atoms with Crippen LogP contribution >= 0.6 is 0 Å². The molecule has 0 aliphatic carbocycles. The van der Waals surface area contributed by atoms with Crippen molar-refractivity contribution >= 4 is 0 Å². The van der Waals surface area contributed by atoms with E-state index in [4.69, 9.17) is 0 Å². The van der Waals surface area contributed by atoms with E-state index in [1.54, 1.807) is 0 Å². The van der Waals surface area contributed by atoms with E-state index in [1.165, 1.54) is 25.8 Å². The second-order valence-corrected chi connectivity index (χ2v) is 4.65. The van der Waals surface area contributed by atoms with Crippen LogP contribution < -0.4 is 5.32 Å². The quantitative estimate of drug-likeness (QED) is 0.606. The molecule has 14 heavy (non-hydrogen) atoms. The summed E-state index contributed by atoms with van der Waals surface area (Å²) in [7, 11) is 2.23. The summed E-state index contributed by atoms with van der Waals surface area (Å²) in [4.78, 5) is 2.47. The maximum absolute atomic E-state index is 3.36. The summed E-state index contributed by atoms with van der Waals surface area (Å²) in [5, 5.41) is 3.36. The Morgan fingerprint density at radius 3 is 2.29 bits per heavy atom. The van der Waals surface area contributed by atoms with Gasteiger partial charge in [-0.15, -0.1) is 0 Å². The lowest BCUT2D eigenvalue weighted by atomic mass is 10.00.